The van der Waals surface area contributed by atoms with E-state index >= 15 is 0 Å². The summed E-state index contributed by atoms with van der Waals surface area (Å²) in [6.45, 7) is 2.73. The SMILES string of the molecule is Cc1ccc(CN(C)CC(=O)Nc2ccc(S(=O)(=O)C(F)F)cc2)cc1. The number of nitrogens with zero attached hydrogens (tertiary/aromatic N) is 1. The summed E-state index contributed by atoms with van der Waals surface area (Å²) < 4.78 is 47.7. The van der Waals surface area contributed by atoms with Crippen LogP contribution in [0.4, 0.5) is 14.5 Å². The number of carbonyl (C=O) groups is 1. The second-order valence-corrected chi connectivity index (χ2v) is 7.95. The van der Waals surface area contributed by atoms with Crippen molar-refractivity contribution in [3.63, 3.8) is 0 Å². The fraction of sp³-hybridized carbons (Fsp3) is 0.278. The standard InChI is InChI=1S/C18H20F2N2O3S/c1-13-3-5-14(6-4-13)11-22(2)12-17(23)21-15-7-9-16(10-8-15)26(24,25)18(19)20/h3-10,18H,11-12H2,1-2H3,(H,21,23). The van der Waals surface area contributed by atoms with Crippen LogP contribution < -0.4 is 5.32 Å². The van der Waals surface area contributed by atoms with E-state index in [1.807, 2.05) is 36.1 Å². The van der Waals surface area contributed by atoms with Gasteiger partial charge in [0.05, 0.1) is 11.4 Å². The van der Waals surface area contributed by atoms with Crippen LogP contribution in [0, 0.1) is 6.92 Å². The summed E-state index contributed by atoms with van der Waals surface area (Å²) >= 11 is 0. The molecule has 8 heteroatoms. The molecular weight excluding hydrogens is 362 g/mol. The van der Waals surface area contributed by atoms with E-state index in [2.05, 4.69) is 5.32 Å². The van der Waals surface area contributed by atoms with Gasteiger partial charge in [0, 0.05) is 12.2 Å². The Balaban J connectivity index is 1.92. The largest absolute Gasteiger partial charge is 0.341 e. The topological polar surface area (TPSA) is 66.5 Å². The van der Waals surface area contributed by atoms with Gasteiger partial charge in [-0.1, -0.05) is 29.8 Å². The Morgan fingerprint density at radius 3 is 2.19 bits per heavy atom. The van der Waals surface area contributed by atoms with Crippen LogP contribution in [0.25, 0.3) is 0 Å². The molecule has 140 valence electrons. The maximum Gasteiger partial charge on any atom is 0.341 e. The Kier molecular flexibility index (Phi) is 6.44. The van der Waals surface area contributed by atoms with Crippen LogP contribution >= 0.6 is 0 Å². The van der Waals surface area contributed by atoms with Crippen LogP contribution in [0.1, 0.15) is 11.1 Å². The van der Waals surface area contributed by atoms with Crippen LogP contribution in [0.3, 0.4) is 0 Å². The van der Waals surface area contributed by atoms with Crippen molar-refractivity contribution >= 4 is 21.4 Å². The number of amides is 1. The van der Waals surface area contributed by atoms with Gasteiger partial charge in [-0.2, -0.15) is 8.78 Å². The molecule has 1 N–H and O–H groups in total. The first-order chi connectivity index (χ1) is 12.2. The van der Waals surface area contributed by atoms with Crippen molar-refractivity contribution in [3.8, 4) is 0 Å². The first-order valence-electron chi connectivity index (χ1n) is 7.84. The maximum absolute atomic E-state index is 12.5. The Morgan fingerprint density at radius 1 is 1.08 bits per heavy atom. The Hall–Kier alpha value is -2.32. The Bertz CT molecular complexity index is 851. The molecule has 2 rings (SSSR count). The summed E-state index contributed by atoms with van der Waals surface area (Å²) in [5.41, 5.74) is 2.57. The molecule has 0 aromatic heterocycles. The van der Waals surface area contributed by atoms with Gasteiger partial charge >= 0.3 is 5.76 Å². The molecule has 5 nitrogen and oxygen atoms in total. The zero-order valence-electron chi connectivity index (χ0n) is 14.4. The summed E-state index contributed by atoms with van der Waals surface area (Å²) in [5.74, 6) is -3.76. The van der Waals surface area contributed by atoms with Crippen molar-refractivity contribution in [2.24, 2.45) is 0 Å². The van der Waals surface area contributed by atoms with Crippen LogP contribution in [-0.2, 0) is 21.2 Å². The Labute approximate surface area is 151 Å². The summed E-state index contributed by atoms with van der Waals surface area (Å²) in [6.07, 6.45) is 0. The molecule has 2 aromatic carbocycles. The highest BCUT2D eigenvalue weighted by atomic mass is 32.2. The second-order valence-electron chi connectivity index (χ2n) is 6.04. The molecule has 26 heavy (non-hydrogen) atoms. The number of halogens is 2. The van der Waals surface area contributed by atoms with Crippen molar-refractivity contribution in [1.29, 1.82) is 0 Å². The number of anilines is 1. The number of aryl methyl sites for hydroxylation is 1. The molecule has 0 fully saturated rings. The first kappa shape index (κ1) is 20.0. The van der Waals surface area contributed by atoms with E-state index in [4.69, 9.17) is 0 Å². The van der Waals surface area contributed by atoms with Gasteiger partial charge in [0.25, 0.3) is 0 Å². The lowest BCUT2D eigenvalue weighted by atomic mass is 10.1. The highest BCUT2D eigenvalue weighted by molar-refractivity contribution is 7.91. The third kappa shape index (κ3) is 5.34. The molecule has 2 aromatic rings. The van der Waals surface area contributed by atoms with E-state index in [1.165, 1.54) is 12.1 Å². The Morgan fingerprint density at radius 2 is 1.65 bits per heavy atom. The molecule has 0 aliphatic carbocycles. The molecule has 0 heterocycles. The van der Waals surface area contributed by atoms with Gasteiger partial charge < -0.3 is 5.32 Å². The predicted octanol–water partition coefficient (Wildman–Crippen LogP) is 3.06. The number of carbonyl (C=O) groups excluding carboxylic acids is 1. The molecular formula is C18H20F2N2O3S. The number of likely N-dealkylation sites (N-methyl/N-ethyl adjacent to an activating group) is 1. The lowest BCUT2D eigenvalue weighted by Crippen LogP contribution is -2.29. The molecule has 0 spiro atoms. The van der Waals surface area contributed by atoms with E-state index in [1.54, 1.807) is 7.05 Å². The molecule has 0 aliphatic heterocycles. The predicted molar refractivity (Wildman–Crippen MR) is 95.8 cm³/mol. The van der Waals surface area contributed by atoms with Gasteiger partial charge in [-0.05, 0) is 43.8 Å². The smallest absolute Gasteiger partial charge is 0.325 e. The van der Waals surface area contributed by atoms with Gasteiger partial charge in [0.1, 0.15) is 0 Å². The molecule has 1 amide bonds. The first-order valence-corrected chi connectivity index (χ1v) is 9.39. The van der Waals surface area contributed by atoms with Crippen molar-refractivity contribution in [2.45, 2.75) is 24.1 Å². The van der Waals surface area contributed by atoms with Gasteiger partial charge in [0.15, 0.2) is 0 Å². The highest BCUT2D eigenvalue weighted by Crippen LogP contribution is 2.20. The lowest BCUT2D eigenvalue weighted by Gasteiger charge is -2.16. The molecule has 0 unspecified atom stereocenters. The van der Waals surface area contributed by atoms with Crippen molar-refractivity contribution < 1.29 is 22.0 Å². The fourth-order valence-electron chi connectivity index (χ4n) is 2.34. The highest BCUT2D eigenvalue weighted by Gasteiger charge is 2.26. The normalized spacial score (nSPS) is 11.8. The molecule has 0 saturated carbocycles. The van der Waals surface area contributed by atoms with Crippen molar-refractivity contribution in [3.05, 3.63) is 59.7 Å². The summed E-state index contributed by atoms with van der Waals surface area (Å²) in [6, 6.07) is 12.6. The van der Waals surface area contributed by atoms with Crippen LogP contribution in [0.2, 0.25) is 0 Å². The number of hydrogen-bond acceptors (Lipinski definition) is 4. The van der Waals surface area contributed by atoms with E-state index in [0.717, 1.165) is 23.3 Å². The number of rotatable bonds is 7. The van der Waals surface area contributed by atoms with E-state index in [9.17, 15) is 22.0 Å². The lowest BCUT2D eigenvalue weighted by molar-refractivity contribution is -0.117. The molecule has 0 atom stereocenters. The average molecular weight is 382 g/mol. The number of nitrogens with one attached hydrogen (secondary N) is 1. The van der Waals surface area contributed by atoms with E-state index in [0.29, 0.717) is 12.2 Å². The van der Waals surface area contributed by atoms with Gasteiger partial charge in [0.2, 0.25) is 15.7 Å². The summed E-state index contributed by atoms with van der Waals surface area (Å²) in [7, 11) is -2.83. The van der Waals surface area contributed by atoms with Crippen LogP contribution in [0.5, 0.6) is 0 Å². The minimum atomic E-state index is -4.63. The quantitative estimate of drug-likeness (QED) is 0.799. The fourth-order valence-corrected chi connectivity index (χ4v) is 3.06. The van der Waals surface area contributed by atoms with E-state index in [-0.39, 0.29) is 12.5 Å². The summed E-state index contributed by atoms with van der Waals surface area (Å²) in [4.78, 5) is 13.4. The van der Waals surface area contributed by atoms with Crippen LogP contribution in [0.15, 0.2) is 53.4 Å². The summed E-state index contributed by atoms with van der Waals surface area (Å²) in [5, 5.41) is 2.61. The van der Waals surface area contributed by atoms with Crippen molar-refractivity contribution in [2.75, 3.05) is 18.9 Å². The average Bonchev–Trinajstić information content (AvgIpc) is 2.57. The second kappa shape index (κ2) is 8.37. The number of alkyl halides is 2. The molecule has 0 saturated heterocycles. The van der Waals surface area contributed by atoms with Gasteiger partial charge in [-0.25, -0.2) is 8.42 Å². The van der Waals surface area contributed by atoms with E-state index < -0.39 is 20.5 Å². The maximum atomic E-state index is 12.5. The number of hydrogen-bond donors (Lipinski definition) is 1. The third-order valence-corrected chi connectivity index (χ3v) is 5.09. The minimum absolute atomic E-state index is 0.130. The third-order valence-electron chi connectivity index (χ3n) is 3.69. The zero-order chi connectivity index (χ0) is 19.3. The van der Waals surface area contributed by atoms with Gasteiger partial charge in [-0.15, -0.1) is 0 Å². The minimum Gasteiger partial charge on any atom is -0.325 e. The number of sulfone groups is 1. The van der Waals surface area contributed by atoms with Crippen molar-refractivity contribution in [1.82, 2.24) is 4.90 Å². The molecule has 0 radical (unpaired) electrons. The zero-order valence-corrected chi connectivity index (χ0v) is 15.3. The number of benzene rings is 2. The van der Waals surface area contributed by atoms with Crippen LogP contribution in [-0.4, -0.2) is 38.6 Å². The molecule has 0 bridgehead atoms. The molecule has 0 aliphatic rings. The monoisotopic (exact) mass is 382 g/mol. The van der Waals surface area contributed by atoms with Gasteiger partial charge in [-0.3, -0.25) is 9.69 Å².